The molecule has 0 saturated heterocycles. The summed E-state index contributed by atoms with van der Waals surface area (Å²) in [5.74, 6) is 1.58. The van der Waals surface area contributed by atoms with E-state index in [1.807, 2.05) is 13.8 Å². The number of nitrogens with one attached hydrogen (secondary N) is 3. The Morgan fingerprint density at radius 3 is 2.68 bits per heavy atom. The van der Waals surface area contributed by atoms with Crippen LogP contribution in [0.3, 0.4) is 0 Å². The highest BCUT2D eigenvalue weighted by Gasteiger charge is 2.15. The molecule has 8 heteroatoms. The number of hydrogen-bond donors (Lipinski definition) is 3. The molecule has 1 aromatic carbocycles. The molecule has 0 aliphatic carbocycles. The molecule has 7 nitrogen and oxygen atoms in total. The molecule has 1 atom stereocenters. The number of amides is 2. The maximum absolute atomic E-state index is 12.1. The van der Waals surface area contributed by atoms with Crippen LogP contribution >= 0.6 is 0 Å². The first-order chi connectivity index (χ1) is 11.8. The SMILES string of the molecule is C#CCNS(=O)(=O)c1cccc(C(=O)NCCC(=O)NC(C)CC)c1. The maximum Gasteiger partial charge on any atom is 0.251 e. The van der Waals surface area contributed by atoms with Crippen molar-refractivity contribution in [2.75, 3.05) is 13.1 Å². The topological polar surface area (TPSA) is 104 Å². The van der Waals surface area contributed by atoms with Crippen LogP contribution in [0.5, 0.6) is 0 Å². The molecule has 0 saturated carbocycles. The number of benzene rings is 1. The number of rotatable bonds is 9. The molecule has 0 aromatic heterocycles. The second-order valence-electron chi connectivity index (χ2n) is 5.44. The Bertz CT molecular complexity index is 753. The molecule has 0 fully saturated rings. The average Bonchev–Trinajstić information content (AvgIpc) is 2.59. The molecular formula is C17H23N3O4S. The molecule has 25 heavy (non-hydrogen) atoms. The number of carbonyl (C=O) groups excluding carboxylic acids is 2. The second kappa shape index (κ2) is 9.81. The minimum absolute atomic E-state index is 0.0510. The van der Waals surface area contributed by atoms with Crippen molar-refractivity contribution in [1.29, 1.82) is 0 Å². The first kappa shape index (κ1) is 20.7. The van der Waals surface area contributed by atoms with Crippen LogP contribution in [0.2, 0.25) is 0 Å². The van der Waals surface area contributed by atoms with Crippen molar-refractivity contribution >= 4 is 21.8 Å². The van der Waals surface area contributed by atoms with E-state index in [9.17, 15) is 18.0 Å². The van der Waals surface area contributed by atoms with E-state index in [4.69, 9.17) is 6.42 Å². The van der Waals surface area contributed by atoms with Gasteiger partial charge in [-0.25, -0.2) is 8.42 Å². The summed E-state index contributed by atoms with van der Waals surface area (Å²) in [6.07, 6.45) is 6.01. The Balaban J connectivity index is 2.64. The van der Waals surface area contributed by atoms with Gasteiger partial charge in [-0.3, -0.25) is 9.59 Å². The highest BCUT2D eigenvalue weighted by molar-refractivity contribution is 7.89. The lowest BCUT2D eigenvalue weighted by atomic mass is 10.2. The van der Waals surface area contributed by atoms with E-state index in [2.05, 4.69) is 21.3 Å². The van der Waals surface area contributed by atoms with Gasteiger partial charge in [0.05, 0.1) is 11.4 Å². The van der Waals surface area contributed by atoms with E-state index in [0.29, 0.717) is 0 Å². The fourth-order valence-corrected chi connectivity index (χ4v) is 2.85. The number of terminal acetylenes is 1. The zero-order chi connectivity index (χ0) is 18.9. The van der Waals surface area contributed by atoms with Crippen molar-refractivity contribution in [2.45, 2.75) is 37.6 Å². The van der Waals surface area contributed by atoms with E-state index < -0.39 is 15.9 Å². The largest absolute Gasteiger partial charge is 0.354 e. The van der Waals surface area contributed by atoms with Gasteiger partial charge in [0.15, 0.2) is 0 Å². The van der Waals surface area contributed by atoms with Crippen molar-refractivity contribution in [3.05, 3.63) is 29.8 Å². The first-order valence-electron chi connectivity index (χ1n) is 7.91. The standard InChI is InChI=1S/C17H23N3O4S/c1-4-10-19-25(23,24)15-8-6-7-14(12-15)17(22)18-11-9-16(21)20-13(3)5-2/h1,6-8,12-13,19H,5,9-11H2,2-3H3,(H,18,22)(H,20,21). The summed E-state index contributed by atoms with van der Waals surface area (Å²) in [6.45, 7) is 3.89. The Hall–Kier alpha value is -2.37. The molecule has 0 bridgehead atoms. The molecule has 0 aliphatic rings. The third-order valence-electron chi connectivity index (χ3n) is 3.43. The van der Waals surface area contributed by atoms with Gasteiger partial charge in [0.25, 0.3) is 5.91 Å². The molecule has 1 aromatic rings. The van der Waals surface area contributed by atoms with Crippen LogP contribution in [0, 0.1) is 12.3 Å². The van der Waals surface area contributed by atoms with Crippen molar-refractivity contribution in [1.82, 2.24) is 15.4 Å². The van der Waals surface area contributed by atoms with Gasteiger partial charge in [0.1, 0.15) is 0 Å². The van der Waals surface area contributed by atoms with Gasteiger partial charge in [-0.15, -0.1) is 6.42 Å². The minimum Gasteiger partial charge on any atom is -0.354 e. The summed E-state index contributed by atoms with van der Waals surface area (Å²) in [6, 6.07) is 5.67. The zero-order valence-corrected chi connectivity index (χ0v) is 15.2. The van der Waals surface area contributed by atoms with E-state index in [-0.39, 0.29) is 41.9 Å². The van der Waals surface area contributed by atoms with Crippen LogP contribution in [-0.4, -0.2) is 39.4 Å². The Morgan fingerprint density at radius 2 is 2.04 bits per heavy atom. The summed E-state index contributed by atoms with van der Waals surface area (Å²) >= 11 is 0. The quantitative estimate of drug-likeness (QED) is 0.558. The maximum atomic E-state index is 12.1. The van der Waals surface area contributed by atoms with Crippen LogP contribution in [0.15, 0.2) is 29.2 Å². The zero-order valence-electron chi connectivity index (χ0n) is 14.3. The highest BCUT2D eigenvalue weighted by Crippen LogP contribution is 2.11. The van der Waals surface area contributed by atoms with Gasteiger partial charge in [0, 0.05) is 24.6 Å². The molecule has 1 rings (SSSR count). The lowest BCUT2D eigenvalue weighted by Gasteiger charge is -2.11. The van der Waals surface area contributed by atoms with Crippen molar-refractivity contribution in [2.24, 2.45) is 0 Å². The summed E-state index contributed by atoms with van der Waals surface area (Å²) in [7, 11) is -3.77. The monoisotopic (exact) mass is 365 g/mol. The number of carbonyl (C=O) groups is 2. The summed E-state index contributed by atoms with van der Waals surface area (Å²) in [5.41, 5.74) is 0.186. The van der Waals surface area contributed by atoms with Crippen molar-refractivity contribution < 1.29 is 18.0 Å². The molecule has 2 amide bonds. The summed E-state index contributed by atoms with van der Waals surface area (Å²) < 4.78 is 26.2. The lowest BCUT2D eigenvalue weighted by molar-refractivity contribution is -0.121. The summed E-state index contributed by atoms with van der Waals surface area (Å²) in [4.78, 5) is 23.7. The van der Waals surface area contributed by atoms with Crippen molar-refractivity contribution in [3.8, 4) is 12.3 Å². The molecule has 0 spiro atoms. The lowest BCUT2D eigenvalue weighted by Crippen LogP contribution is -2.35. The molecule has 0 heterocycles. The fourth-order valence-electron chi connectivity index (χ4n) is 1.87. The normalized spacial score (nSPS) is 12.0. The molecule has 136 valence electrons. The molecule has 1 unspecified atom stereocenters. The van der Waals surface area contributed by atoms with E-state index in [1.165, 1.54) is 24.3 Å². The van der Waals surface area contributed by atoms with Crippen LogP contribution in [0.25, 0.3) is 0 Å². The third-order valence-corrected chi connectivity index (χ3v) is 4.83. The predicted octanol–water partition coefficient (Wildman–Crippen LogP) is 0.633. The Morgan fingerprint density at radius 1 is 1.32 bits per heavy atom. The third kappa shape index (κ3) is 6.95. The van der Waals surface area contributed by atoms with Gasteiger partial charge in [0.2, 0.25) is 15.9 Å². The van der Waals surface area contributed by atoms with Crippen LogP contribution in [0.4, 0.5) is 0 Å². The molecule has 0 aliphatic heterocycles. The highest BCUT2D eigenvalue weighted by atomic mass is 32.2. The fraction of sp³-hybridized carbons (Fsp3) is 0.412. The van der Waals surface area contributed by atoms with Crippen LogP contribution in [0.1, 0.15) is 37.0 Å². The first-order valence-corrected chi connectivity index (χ1v) is 9.39. The number of hydrogen-bond acceptors (Lipinski definition) is 4. The molecule has 0 radical (unpaired) electrons. The summed E-state index contributed by atoms with van der Waals surface area (Å²) in [5, 5.41) is 5.39. The van der Waals surface area contributed by atoms with Crippen molar-refractivity contribution in [3.63, 3.8) is 0 Å². The van der Waals surface area contributed by atoms with Gasteiger partial charge in [-0.2, -0.15) is 4.72 Å². The van der Waals surface area contributed by atoms with Gasteiger partial charge >= 0.3 is 0 Å². The van der Waals surface area contributed by atoms with E-state index in [0.717, 1.165) is 6.42 Å². The molecular weight excluding hydrogens is 342 g/mol. The second-order valence-corrected chi connectivity index (χ2v) is 7.21. The average molecular weight is 365 g/mol. The smallest absolute Gasteiger partial charge is 0.251 e. The number of sulfonamides is 1. The van der Waals surface area contributed by atoms with Gasteiger partial charge in [-0.1, -0.05) is 18.9 Å². The Kier molecular flexibility index (Phi) is 8.11. The minimum atomic E-state index is -3.77. The van der Waals surface area contributed by atoms with Gasteiger partial charge < -0.3 is 10.6 Å². The predicted molar refractivity (Wildman–Crippen MR) is 95.3 cm³/mol. The van der Waals surface area contributed by atoms with Gasteiger partial charge in [-0.05, 0) is 31.5 Å². The van der Waals surface area contributed by atoms with Crippen LogP contribution in [-0.2, 0) is 14.8 Å². The Labute approximate surface area is 148 Å². The molecule has 3 N–H and O–H groups in total. The van der Waals surface area contributed by atoms with E-state index in [1.54, 1.807) is 0 Å². The van der Waals surface area contributed by atoms with Crippen LogP contribution < -0.4 is 15.4 Å². The van der Waals surface area contributed by atoms with E-state index >= 15 is 0 Å².